The first-order valence-corrected chi connectivity index (χ1v) is 12.0. The Labute approximate surface area is 213 Å². The van der Waals surface area contributed by atoms with E-state index in [1.54, 1.807) is 51.1 Å². The fraction of sp³-hybridized carbons (Fsp3) is 0.385. The summed E-state index contributed by atoms with van der Waals surface area (Å²) in [6, 6.07) is 10.7. The van der Waals surface area contributed by atoms with Crippen LogP contribution in [0.25, 0.3) is 22.0 Å². The van der Waals surface area contributed by atoms with Crippen LogP contribution in [0.3, 0.4) is 0 Å². The summed E-state index contributed by atoms with van der Waals surface area (Å²) < 4.78 is 19.6. The summed E-state index contributed by atoms with van der Waals surface area (Å²) in [5.41, 5.74) is 5.58. The largest absolute Gasteiger partial charge is 0.444 e. The number of nitrogens with zero attached hydrogens (tertiary/aromatic N) is 1. The minimum absolute atomic E-state index is 0.00448. The molecule has 4 rings (SSSR count). The number of aliphatic hydroxyl groups is 1. The van der Waals surface area contributed by atoms with Gasteiger partial charge >= 0.3 is 6.09 Å². The quantitative estimate of drug-likeness (QED) is 0.407. The van der Waals surface area contributed by atoms with Gasteiger partial charge in [0.05, 0.1) is 18.2 Å². The second-order valence-electron chi connectivity index (χ2n) is 10.1. The number of β-amino-alcohol motifs (C(OH)–C–C–N with tert-alkyl or cyclic N) is 1. The molecule has 2 heterocycles. The number of benzene rings is 2. The Morgan fingerprint density at radius 2 is 2.03 bits per heavy atom. The molecule has 10 heteroatoms. The van der Waals surface area contributed by atoms with Crippen molar-refractivity contribution in [3.05, 3.63) is 59.0 Å². The third-order valence-corrected chi connectivity index (χ3v) is 6.49. The Morgan fingerprint density at radius 1 is 1.31 bits per heavy atom. The molecule has 1 aliphatic heterocycles. The summed E-state index contributed by atoms with van der Waals surface area (Å²) in [6.45, 7) is 5.26. The van der Waals surface area contributed by atoms with Gasteiger partial charge in [-0.2, -0.15) is 0 Å². The van der Waals surface area contributed by atoms with Gasteiger partial charge in [-0.05, 0) is 45.0 Å². The van der Waals surface area contributed by atoms with Crippen LogP contribution in [0.1, 0.15) is 37.7 Å². The average Bonchev–Trinajstić information content (AvgIpc) is 3.35. The van der Waals surface area contributed by atoms with E-state index in [1.165, 1.54) is 17.0 Å². The molecule has 1 aliphatic rings. The molecule has 1 aromatic heterocycles. The highest BCUT2D eigenvalue weighted by Gasteiger charge is 2.45. The normalized spacial score (nSPS) is 20.1. The number of aromatic amines is 1. The fourth-order valence-electron chi connectivity index (χ4n) is 4.50. The van der Waals surface area contributed by atoms with Crippen molar-refractivity contribution < 1.29 is 23.8 Å². The molecule has 1 saturated heterocycles. The van der Waals surface area contributed by atoms with E-state index in [1.807, 2.05) is 0 Å². The lowest BCUT2D eigenvalue weighted by Gasteiger charge is -2.28. The Morgan fingerprint density at radius 3 is 2.69 bits per heavy atom. The van der Waals surface area contributed by atoms with E-state index in [9.17, 15) is 19.1 Å². The van der Waals surface area contributed by atoms with Crippen LogP contribution in [0.15, 0.2) is 42.5 Å². The molecular formula is C26H30ClFN4O4. The second-order valence-corrected chi connectivity index (χ2v) is 10.6. The third kappa shape index (κ3) is 5.33. The number of hydrogen-bond donors (Lipinski definition) is 4. The lowest BCUT2D eigenvalue weighted by Crippen LogP contribution is -2.46. The number of rotatable bonds is 5. The van der Waals surface area contributed by atoms with Gasteiger partial charge in [0.2, 0.25) is 0 Å². The molecule has 0 saturated carbocycles. The van der Waals surface area contributed by atoms with Crippen LogP contribution >= 0.6 is 11.6 Å². The summed E-state index contributed by atoms with van der Waals surface area (Å²) in [5, 5.41) is 14.5. The first-order chi connectivity index (χ1) is 16.9. The summed E-state index contributed by atoms with van der Waals surface area (Å²) in [4.78, 5) is 30.7. The van der Waals surface area contributed by atoms with Crippen LogP contribution in [0.4, 0.5) is 9.18 Å². The molecule has 5 N–H and O–H groups in total. The molecule has 3 aromatic rings. The van der Waals surface area contributed by atoms with Crippen LogP contribution in [0.2, 0.25) is 5.02 Å². The summed E-state index contributed by atoms with van der Waals surface area (Å²) in [7, 11) is 0. The zero-order valence-electron chi connectivity index (χ0n) is 20.4. The van der Waals surface area contributed by atoms with Crippen LogP contribution in [0.5, 0.6) is 0 Å². The maximum atomic E-state index is 14.1. The number of H-pyrrole nitrogens is 1. The van der Waals surface area contributed by atoms with Gasteiger partial charge in [0.15, 0.2) is 0 Å². The van der Waals surface area contributed by atoms with Crippen molar-refractivity contribution in [1.82, 2.24) is 15.2 Å². The van der Waals surface area contributed by atoms with E-state index in [0.29, 0.717) is 27.1 Å². The molecule has 2 atom stereocenters. The first-order valence-electron chi connectivity index (χ1n) is 11.7. The maximum Gasteiger partial charge on any atom is 0.410 e. The molecule has 2 aromatic carbocycles. The van der Waals surface area contributed by atoms with E-state index in [0.717, 1.165) is 0 Å². The number of carbonyl (C=O) groups excluding carboxylic acids is 2. The number of nitrogens with two attached hydrogens (primary N) is 1. The van der Waals surface area contributed by atoms with Crippen molar-refractivity contribution in [3.8, 4) is 11.1 Å². The topological polar surface area (TPSA) is 121 Å². The number of amides is 2. The molecule has 2 amide bonds. The molecule has 0 radical (unpaired) electrons. The Kier molecular flexibility index (Phi) is 7.01. The maximum absolute atomic E-state index is 14.1. The predicted octanol–water partition coefficient (Wildman–Crippen LogP) is 4.06. The average molecular weight is 517 g/mol. The SMILES string of the molecule is CC(C)(C)OC(=O)N1CC(O)(CN)C[C@H]1CNC(=O)c1[nH]c2ccc(F)cc2c1-c1ccccc1Cl. The molecule has 36 heavy (non-hydrogen) atoms. The fourth-order valence-corrected chi connectivity index (χ4v) is 4.73. The van der Waals surface area contributed by atoms with E-state index >= 15 is 0 Å². The molecule has 8 nitrogen and oxygen atoms in total. The monoisotopic (exact) mass is 516 g/mol. The van der Waals surface area contributed by atoms with Gasteiger partial charge in [0.25, 0.3) is 5.91 Å². The van der Waals surface area contributed by atoms with Crippen molar-refractivity contribution in [2.45, 2.75) is 44.4 Å². The van der Waals surface area contributed by atoms with Crippen LogP contribution in [-0.4, -0.2) is 63.9 Å². The lowest BCUT2D eigenvalue weighted by atomic mass is 10.00. The second kappa shape index (κ2) is 9.72. The zero-order chi connectivity index (χ0) is 26.3. The number of ether oxygens (including phenoxy) is 1. The lowest BCUT2D eigenvalue weighted by molar-refractivity contribution is 0.0139. The number of hydrogen-bond acceptors (Lipinski definition) is 5. The number of carbonyl (C=O) groups is 2. The Bertz CT molecular complexity index is 1300. The minimum atomic E-state index is -1.28. The van der Waals surface area contributed by atoms with Crippen LogP contribution in [0, 0.1) is 5.82 Å². The van der Waals surface area contributed by atoms with Gasteiger partial charge < -0.3 is 30.8 Å². The van der Waals surface area contributed by atoms with Gasteiger partial charge in [-0.1, -0.05) is 29.8 Å². The Balaban J connectivity index is 1.63. The number of halogens is 2. The van der Waals surface area contributed by atoms with Gasteiger partial charge in [-0.3, -0.25) is 4.79 Å². The molecule has 0 spiro atoms. The molecule has 1 unspecified atom stereocenters. The van der Waals surface area contributed by atoms with Crippen molar-refractivity contribution >= 4 is 34.5 Å². The number of fused-ring (bicyclic) bond motifs is 1. The van der Waals surface area contributed by atoms with Gasteiger partial charge in [-0.25, -0.2) is 9.18 Å². The Hall–Kier alpha value is -3.14. The molecule has 0 bridgehead atoms. The van der Waals surface area contributed by atoms with Crippen LogP contribution < -0.4 is 11.1 Å². The highest BCUT2D eigenvalue weighted by molar-refractivity contribution is 6.34. The predicted molar refractivity (Wildman–Crippen MR) is 136 cm³/mol. The summed E-state index contributed by atoms with van der Waals surface area (Å²) in [6.07, 6.45) is -0.415. The smallest absolute Gasteiger partial charge is 0.410 e. The zero-order valence-corrected chi connectivity index (χ0v) is 21.2. The van der Waals surface area contributed by atoms with E-state index in [2.05, 4.69) is 10.3 Å². The van der Waals surface area contributed by atoms with Crippen molar-refractivity contribution in [3.63, 3.8) is 0 Å². The van der Waals surface area contributed by atoms with Gasteiger partial charge in [-0.15, -0.1) is 0 Å². The highest BCUT2D eigenvalue weighted by atomic mass is 35.5. The molecule has 192 valence electrons. The van der Waals surface area contributed by atoms with E-state index < -0.39 is 35.1 Å². The minimum Gasteiger partial charge on any atom is -0.444 e. The van der Waals surface area contributed by atoms with E-state index in [4.69, 9.17) is 22.1 Å². The molecular weight excluding hydrogens is 487 g/mol. The third-order valence-electron chi connectivity index (χ3n) is 6.16. The van der Waals surface area contributed by atoms with Crippen LogP contribution in [-0.2, 0) is 4.74 Å². The number of nitrogens with one attached hydrogen (secondary N) is 2. The first kappa shape index (κ1) is 25.9. The van der Waals surface area contributed by atoms with Crippen molar-refractivity contribution in [1.29, 1.82) is 0 Å². The molecule has 0 aliphatic carbocycles. The molecule has 1 fully saturated rings. The van der Waals surface area contributed by atoms with Gasteiger partial charge in [0.1, 0.15) is 17.1 Å². The number of aromatic nitrogens is 1. The number of likely N-dealkylation sites (tertiary alicyclic amines) is 1. The standard InChI is InChI=1S/C26H30ClFN4O4/c1-25(2,3)36-24(34)32-14-26(35,13-29)11-16(32)12-30-23(33)22-21(17-6-4-5-7-19(17)27)18-10-15(28)8-9-20(18)31-22/h4-10,16,31,35H,11-14,29H2,1-3H3,(H,30,33)/t16-,26?/m0/s1. The summed E-state index contributed by atoms with van der Waals surface area (Å²) in [5.74, 6) is -0.907. The van der Waals surface area contributed by atoms with Crippen molar-refractivity contribution in [2.75, 3.05) is 19.6 Å². The van der Waals surface area contributed by atoms with Crippen molar-refractivity contribution in [2.24, 2.45) is 5.73 Å². The highest BCUT2D eigenvalue weighted by Crippen LogP contribution is 2.37. The van der Waals surface area contributed by atoms with E-state index in [-0.39, 0.29) is 31.7 Å². The van der Waals surface area contributed by atoms with Gasteiger partial charge in [0, 0.05) is 46.6 Å². The summed E-state index contributed by atoms with van der Waals surface area (Å²) >= 11 is 6.43.